The molecule has 3 rings (SSSR count). The molecule has 0 radical (unpaired) electrons. The van der Waals surface area contributed by atoms with E-state index in [1.807, 2.05) is 0 Å². The molecule has 0 amide bonds. The fourth-order valence-corrected chi connectivity index (χ4v) is 1.31. The van der Waals surface area contributed by atoms with Crippen molar-refractivity contribution in [2.75, 3.05) is 0 Å². The first-order valence-corrected chi connectivity index (χ1v) is 5.05. The summed E-state index contributed by atoms with van der Waals surface area (Å²) in [6.07, 6.45) is 6.08. The molecule has 0 bridgehead atoms. The Bertz CT molecular complexity index is 588. The summed E-state index contributed by atoms with van der Waals surface area (Å²) in [6, 6.07) is 3.55. The molecule has 18 heavy (non-hydrogen) atoms. The number of aromatic nitrogens is 8. The maximum atomic E-state index is 4.27. The monoisotopic (exact) mass is 238 g/mol. The third-order valence-corrected chi connectivity index (χ3v) is 2.08. The second-order valence-electron chi connectivity index (χ2n) is 3.24. The first-order valence-electron chi connectivity index (χ1n) is 5.05. The molecule has 0 saturated carbocycles. The molecule has 0 spiro atoms. The number of rotatable bonds is 2. The molecule has 0 aromatic carbocycles. The highest BCUT2D eigenvalue weighted by molar-refractivity contribution is 5.54. The number of nitrogens with zero attached hydrogens (tertiary/aromatic N) is 8. The van der Waals surface area contributed by atoms with E-state index in [1.165, 1.54) is 18.6 Å². The van der Waals surface area contributed by atoms with Gasteiger partial charge in [-0.2, -0.15) is 15.3 Å². The van der Waals surface area contributed by atoms with Gasteiger partial charge in [0.05, 0.1) is 12.4 Å². The Hall–Kier alpha value is -2.90. The van der Waals surface area contributed by atoms with Gasteiger partial charge in [-0.05, 0) is 12.1 Å². The molecule has 3 aromatic rings. The zero-order valence-electron chi connectivity index (χ0n) is 9.04. The Morgan fingerprint density at radius 3 is 2.39 bits per heavy atom. The van der Waals surface area contributed by atoms with Crippen LogP contribution in [-0.4, -0.2) is 40.6 Å². The molecule has 0 N–H and O–H groups in total. The SMILES string of the molecule is c1cnnc(-c2cnnc(-c3nccnn3)n2)c1. The summed E-state index contributed by atoms with van der Waals surface area (Å²) in [5.74, 6) is 0.613. The Labute approximate surface area is 101 Å². The lowest BCUT2D eigenvalue weighted by Gasteiger charge is -1.99. The van der Waals surface area contributed by atoms with Crippen molar-refractivity contribution >= 4 is 0 Å². The molecule has 0 unspecified atom stereocenters. The van der Waals surface area contributed by atoms with E-state index in [9.17, 15) is 0 Å². The fraction of sp³-hybridized carbons (Fsp3) is 0. The van der Waals surface area contributed by atoms with Crippen molar-refractivity contribution in [3.05, 3.63) is 36.9 Å². The zero-order valence-corrected chi connectivity index (χ0v) is 9.04. The summed E-state index contributed by atoms with van der Waals surface area (Å²) in [5.41, 5.74) is 1.16. The standard InChI is InChI=1S/C10H6N8/c1-2-7(16-12-3-1)8-6-14-18-10(15-8)9-11-4-5-13-17-9/h1-6H. The maximum Gasteiger partial charge on any atom is 0.222 e. The van der Waals surface area contributed by atoms with Gasteiger partial charge in [0, 0.05) is 12.4 Å². The van der Waals surface area contributed by atoms with Crippen molar-refractivity contribution in [3.8, 4) is 23.0 Å². The average molecular weight is 238 g/mol. The van der Waals surface area contributed by atoms with E-state index in [1.54, 1.807) is 18.3 Å². The van der Waals surface area contributed by atoms with Gasteiger partial charge < -0.3 is 0 Å². The molecule has 0 aliphatic carbocycles. The normalized spacial score (nSPS) is 10.2. The van der Waals surface area contributed by atoms with Gasteiger partial charge in [-0.1, -0.05) is 0 Å². The van der Waals surface area contributed by atoms with Crippen molar-refractivity contribution in [1.29, 1.82) is 0 Å². The predicted molar refractivity (Wildman–Crippen MR) is 59.7 cm³/mol. The van der Waals surface area contributed by atoms with Crippen LogP contribution in [0.5, 0.6) is 0 Å². The van der Waals surface area contributed by atoms with E-state index in [0.717, 1.165) is 0 Å². The van der Waals surface area contributed by atoms with Crippen LogP contribution in [0.4, 0.5) is 0 Å². The Morgan fingerprint density at radius 2 is 1.61 bits per heavy atom. The van der Waals surface area contributed by atoms with Gasteiger partial charge in [0.25, 0.3) is 0 Å². The van der Waals surface area contributed by atoms with E-state index in [4.69, 9.17) is 0 Å². The molecule has 0 saturated heterocycles. The van der Waals surface area contributed by atoms with Gasteiger partial charge in [0.2, 0.25) is 11.6 Å². The highest BCUT2D eigenvalue weighted by Gasteiger charge is 2.08. The second kappa shape index (κ2) is 4.53. The van der Waals surface area contributed by atoms with Crippen molar-refractivity contribution in [2.45, 2.75) is 0 Å². The molecule has 0 atom stereocenters. The van der Waals surface area contributed by atoms with Gasteiger partial charge in [-0.3, -0.25) is 0 Å². The summed E-state index contributed by atoms with van der Waals surface area (Å²) in [5, 5.41) is 23.0. The van der Waals surface area contributed by atoms with Gasteiger partial charge in [0.15, 0.2) is 0 Å². The highest BCUT2D eigenvalue weighted by Crippen LogP contribution is 2.13. The predicted octanol–water partition coefficient (Wildman–Crippen LogP) is 0.181. The van der Waals surface area contributed by atoms with E-state index in [-0.39, 0.29) is 0 Å². The molecule has 3 heterocycles. The Balaban J connectivity index is 2.05. The average Bonchev–Trinajstić information content (AvgIpc) is 2.49. The van der Waals surface area contributed by atoms with Crippen LogP contribution >= 0.6 is 0 Å². The van der Waals surface area contributed by atoms with Gasteiger partial charge in [0.1, 0.15) is 11.4 Å². The molecule has 8 nitrogen and oxygen atoms in total. The molecule has 86 valence electrons. The lowest BCUT2D eigenvalue weighted by molar-refractivity contribution is 0.910. The zero-order chi connectivity index (χ0) is 12.2. The van der Waals surface area contributed by atoms with Crippen LogP contribution in [0, 0.1) is 0 Å². The molecule has 0 fully saturated rings. The summed E-state index contributed by atoms with van der Waals surface area (Å²) >= 11 is 0. The lowest BCUT2D eigenvalue weighted by atomic mass is 10.3. The van der Waals surface area contributed by atoms with Crippen LogP contribution in [0.3, 0.4) is 0 Å². The van der Waals surface area contributed by atoms with Gasteiger partial charge >= 0.3 is 0 Å². The molecule has 0 aliphatic rings. The van der Waals surface area contributed by atoms with Crippen molar-refractivity contribution in [1.82, 2.24) is 40.6 Å². The lowest BCUT2D eigenvalue weighted by Crippen LogP contribution is -2.00. The minimum absolute atomic E-state index is 0.297. The molecule has 8 heteroatoms. The van der Waals surface area contributed by atoms with Crippen molar-refractivity contribution < 1.29 is 0 Å². The van der Waals surface area contributed by atoms with Crippen LogP contribution in [0.25, 0.3) is 23.0 Å². The van der Waals surface area contributed by atoms with Crippen LogP contribution < -0.4 is 0 Å². The van der Waals surface area contributed by atoms with E-state index in [0.29, 0.717) is 23.0 Å². The minimum atomic E-state index is 0.297. The van der Waals surface area contributed by atoms with Crippen molar-refractivity contribution in [3.63, 3.8) is 0 Å². The topological polar surface area (TPSA) is 103 Å². The molecule has 3 aromatic heterocycles. The maximum absolute atomic E-state index is 4.27. The Morgan fingerprint density at radius 1 is 0.722 bits per heavy atom. The molecule has 0 aliphatic heterocycles. The Kier molecular flexibility index (Phi) is 2.59. The molecular formula is C10H6N8. The first-order chi connectivity index (χ1) is 8.93. The highest BCUT2D eigenvalue weighted by atomic mass is 15.2. The van der Waals surface area contributed by atoms with Gasteiger partial charge in [-0.15, -0.1) is 15.3 Å². The largest absolute Gasteiger partial charge is 0.231 e. The fourth-order valence-electron chi connectivity index (χ4n) is 1.31. The van der Waals surface area contributed by atoms with Gasteiger partial charge in [-0.25, -0.2) is 9.97 Å². The van der Waals surface area contributed by atoms with E-state index < -0.39 is 0 Å². The second-order valence-corrected chi connectivity index (χ2v) is 3.24. The van der Waals surface area contributed by atoms with Crippen LogP contribution in [0.2, 0.25) is 0 Å². The minimum Gasteiger partial charge on any atom is -0.231 e. The number of hydrogen-bond acceptors (Lipinski definition) is 8. The summed E-state index contributed by atoms with van der Waals surface area (Å²) in [7, 11) is 0. The van der Waals surface area contributed by atoms with Crippen LogP contribution in [-0.2, 0) is 0 Å². The summed E-state index contributed by atoms with van der Waals surface area (Å²) in [4.78, 5) is 8.28. The molecular weight excluding hydrogens is 232 g/mol. The van der Waals surface area contributed by atoms with Crippen molar-refractivity contribution in [2.24, 2.45) is 0 Å². The van der Waals surface area contributed by atoms with Crippen LogP contribution in [0.15, 0.2) is 36.9 Å². The van der Waals surface area contributed by atoms with Crippen LogP contribution in [0.1, 0.15) is 0 Å². The number of hydrogen-bond donors (Lipinski definition) is 0. The summed E-state index contributed by atoms with van der Waals surface area (Å²) < 4.78 is 0. The van der Waals surface area contributed by atoms with E-state index in [2.05, 4.69) is 40.6 Å². The quantitative estimate of drug-likeness (QED) is 0.622. The third kappa shape index (κ3) is 1.98. The first kappa shape index (κ1) is 10.3. The van der Waals surface area contributed by atoms with E-state index >= 15 is 0 Å². The smallest absolute Gasteiger partial charge is 0.222 e. The third-order valence-electron chi connectivity index (χ3n) is 2.08. The summed E-state index contributed by atoms with van der Waals surface area (Å²) in [6.45, 7) is 0.